The molecule has 4 rings (SSSR count). The van der Waals surface area contributed by atoms with E-state index in [-0.39, 0.29) is 0 Å². The second-order valence-electron chi connectivity index (χ2n) is 8.81. The van der Waals surface area contributed by atoms with Gasteiger partial charge in [0.2, 0.25) is 10.0 Å². The topological polar surface area (TPSA) is 52.7 Å². The third-order valence-electron chi connectivity index (χ3n) is 6.68. The van der Waals surface area contributed by atoms with Crippen molar-refractivity contribution in [2.24, 2.45) is 0 Å². The van der Waals surface area contributed by atoms with Crippen LogP contribution in [0.15, 0.2) is 59.5 Å². The van der Waals surface area contributed by atoms with Crippen molar-refractivity contribution in [3.05, 3.63) is 54.6 Å². The fourth-order valence-corrected chi connectivity index (χ4v) is 5.92. The molecule has 0 radical (unpaired) electrons. The molecule has 31 heavy (non-hydrogen) atoms. The van der Waals surface area contributed by atoms with Gasteiger partial charge in [0, 0.05) is 12.6 Å². The van der Waals surface area contributed by atoms with Crippen LogP contribution in [0.2, 0.25) is 0 Å². The normalized spacial score (nSPS) is 19.5. The fourth-order valence-electron chi connectivity index (χ4n) is 4.84. The molecule has 0 saturated carbocycles. The molecule has 0 aliphatic carbocycles. The zero-order valence-corrected chi connectivity index (χ0v) is 19.2. The number of benzene rings is 2. The Morgan fingerprint density at radius 3 is 2.13 bits per heavy atom. The zero-order chi connectivity index (χ0) is 21.5. The predicted molar refractivity (Wildman–Crippen MR) is 127 cm³/mol. The van der Waals surface area contributed by atoms with E-state index in [2.05, 4.69) is 14.5 Å². The molecule has 6 heteroatoms. The van der Waals surface area contributed by atoms with Gasteiger partial charge in [0.15, 0.2) is 0 Å². The molecule has 0 aromatic heterocycles. The molecule has 5 nitrogen and oxygen atoms in total. The summed E-state index contributed by atoms with van der Waals surface area (Å²) in [5, 5.41) is 0. The second-order valence-corrected chi connectivity index (χ2v) is 10.6. The number of nitrogens with one attached hydrogen (secondary N) is 1. The Hall–Kier alpha value is -1.73. The van der Waals surface area contributed by atoms with Crippen molar-refractivity contribution in [2.75, 3.05) is 39.3 Å². The van der Waals surface area contributed by atoms with E-state index >= 15 is 0 Å². The lowest BCUT2D eigenvalue weighted by atomic mass is 10.00. The molecule has 2 fully saturated rings. The van der Waals surface area contributed by atoms with Gasteiger partial charge in [-0.05, 0) is 88.1 Å². The molecule has 2 aromatic rings. The van der Waals surface area contributed by atoms with Crippen molar-refractivity contribution < 1.29 is 8.42 Å². The van der Waals surface area contributed by atoms with E-state index in [0.717, 1.165) is 43.2 Å². The lowest BCUT2D eigenvalue weighted by Gasteiger charge is -2.40. The minimum atomic E-state index is -3.46. The van der Waals surface area contributed by atoms with Crippen LogP contribution < -0.4 is 4.72 Å². The third kappa shape index (κ3) is 6.16. The van der Waals surface area contributed by atoms with Crippen LogP contribution in [0.5, 0.6) is 0 Å². The van der Waals surface area contributed by atoms with Crippen LogP contribution in [0.3, 0.4) is 0 Å². The highest BCUT2D eigenvalue weighted by Crippen LogP contribution is 2.22. The minimum Gasteiger partial charge on any atom is -0.303 e. The van der Waals surface area contributed by atoms with Gasteiger partial charge in [-0.2, -0.15) is 0 Å². The van der Waals surface area contributed by atoms with Crippen molar-refractivity contribution in [3.63, 3.8) is 0 Å². The standard InChI is InChI=1S/C25H35N3O2S/c29-31(30,25-12-10-23(11-13-25)22-8-3-1-4-9-22)26-16-7-17-27-20-14-24(15-21-27)28-18-5-2-6-19-28/h1,3-4,8-13,24,26H,2,5-7,14-21H2. The Morgan fingerprint density at radius 1 is 0.806 bits per heavy atom. The molecular weight excluding hydrogens is 406 g/mol. The molecule has 2 heterocycles. The summed E-state index contributed by atoms with van der Waals surface area (Å²) in [4.78, 5) is 5.51. The third-order valence-corrected chi connectivity index (χ3v) is 8.16. The molecule has 0 atom stereocenters. The summed E-state index contributed by atoms with van der Waals surface area (Å²) in [6.07, 6.45) is 7.45. The molecule has 168 valence electrons. The quantitative estimate of drug-likeness (QED) is 0.630. The second kappa shape index (κ2) is 10.7. The minimum absolute atomic E-state index is 0.328. The Kier molecular flexibility index (Phi) is 7.77. The van der Waals surface area contributed by atoms with Gasteiger partial charge in [-0.15, -0.1) is 0 Å². The number of likely N-dealkylation sites (tertiary alicyclic amines) is 2. The molecule has 1 N–H and O–H groups in total. The van der Waals surface area contributed by atoms with Crippen LogP contribution in [0, 0.1) is 0 Å². The van der Waals surface area contributed by atoms with Crippen molar-refractivity contribution in [2.45, 2.75) is 49.5 Å². The van der Waals surface area contributed by atoms with Crippen LogP contribution in [-0.4, -0.2) is 63.5 Å². The first-order valence-corrected chi connectivity index (χ1v) is 13.2. The lowest BCUT2D eigenvalue weighted by molar-refractivity contribution is 0.0923. The Labute approximate surface area is 187 Å². The summed E-state index contributed by atoms with van der Waals surface area (Å²) in [7, 11) is -3.46. The van der Waals surface area contributed by atoms with E-state index in [9.17, 15) is 8.42 Å². The van der Waals surface area contributed by atoms with Crippen molar-refractivity contribution in [3.8, 4) is 11.1 Å². The SMILES string of the molecule is O=S(=O)(NCCCN1CCC(N2CCCCC2)CC1)c1ccc(-c2ccccc2)cc1. The van der Waals surface area contributed by atoms with Gasteiger partial charge in [-0.25, -0.2) is 13.1 Å². The summed E-state index contributed by atoms with van der Waals surface area (Å²) < 4.78 is 28.0. The molecule has 0 unspecified atom stereocenters. The van der Waals surface area contributed by atoms with Crippen LogP contribution in [0.25, 0.3) is 11.1 Å². The zero-order valence-electron chi connectivity index (χ0n) is 18.4. The highest BCUT2D eigenvalue weighted by molar-refractivity contribution is 7.89. The molecular formula is C25H35N3O2S. The van der Waals surface area contributed by atoms with E-state index in [1.165, 1.54) is 45.2 Å². The smallest absolute Gasteiger partial charge is 0.240 e. The summed E-state index contributed by atoms with van der Waals surface area (Å²) in [6, 6.07) is 17.9. The van der Waals surface area contributed by atoms with Crippen LogP contribution in [-0.2, 0) is 10.0 Å². The van der Waals surface area contributed by atoms with Crippen molar-refractivity contribution >= 4 is 10.0 Å². The number of nitrogens with zero attached hydrogens (tertiary/aromatic N) is 2. The van der Waals surface area contributed by atoms with Gasteiger partial charge in [0.05, 0.1) is 4.90 Å². The van der Waals surface area contributed by atoms with Crippen LogP contribution in [0.4, 0.5) is 0 Å². The Balaban J connectivity index is 1.19. The van der Waals surface area contributed by atoms with Gasteiger partial charge < -0.3 is 9.80 Å². The maximum atomic E-state index is 12.6. The number of rotatable bonds is 8. The maximum absolute atomic E-state index is 12.6. The first-order chi connectivity index (χ1) is 15.1. The van der Waals surface area contributed by atoms with Gasteiger partial charge in [0.25, 0.3) is 0 Å². The van der Waals surface area contributed by atoms with E-state index in [4.69, 9.17) is 0 Å². The first kappa shape index (κ1) is 22.5. The molecule has 2 aliphatic rings. The van der Waals surface area contributed by atoms with E-state index < -0.39 is 10.0 Å². The van der Waals surface area contributed by atoms with Crippen molar-refractivity contribution in [1.29, 1.82) is 0 Å². The maximum Gasteiger partial charge on any atom is 0.240 e. The van der Waals surface area contributed by atoms with E-state index in [1.54, 1.807) is 12.1 Å². The summed E-state index contributed by atoms with van der Waals surface area (Å²) in [5.41, 5.74) is 2.11. The monoisotopic (exact) mass is 441 g/mol. The molecule has 0 amide bonds. The van der Waals surface area contributed by atoms with Crippen molar-refractivity contribution in [1.82, 2.24) is 14.5 Å². The van der Waals surface area contributed by atoms with E-state index in [1.807, 2.05) is 42.5 Å². The molecule has 2 aromatic carbocycles. The average Bonchev–Trinajstić information content (AvgIpc) is 2.83. The largest absolute Gasteiger partial charge is 0.303 e. The summed E-state index contributed by atoms with van der Waals surface area (Å²) in [6.45, 7) is 6.26. The molecule has 2 saturated heterocycles. The highest BCUT2D eigenvalue weighted by atomic mass is 32.2. The molecule has 0 bridgehead atoms. The highest BCUT2D eigenvalue weighted by Gasteiger charge is 2.25. The lowest BCUT2D eigenvalue weighted by Crippen LogP contribution is -2.47. The van der Waals surface area contributed by atoms with Gasteiger partial charge >= 0.3 is 0 Å². The van der Waals surface area contributed by atoms with Gasteiger partial charge in [-0.1, -0.05) is 48.9 Å². The summed E-state index contributed by atoms with van der Waals surface area (Å²) >= 11 is 0. The number of piperidine rings is 2. The van der Waals surface area contributed by atoms with Gasteiger partial charge in [-0.3, -0.25) is 0 Å². The Bertz CT molecular complexity index is 902. The number of sulfonamides is 1. The van der Waals surface area contributed by atoms with E-state index in [0.29, 0.717) is 11.4 Å². The summed E-state index contributed by atoms with van der Waals surface area (Å²) in [5.74, 6) is 0. The van der Waals surface area contributed by atoms with Crippen LogP contribution in [0.1, 0.15) is 38.5 Å². The van der Waals surface area contributed by atoms with Gasteiger partial charge in [0.1, 0.15) is 0 Å². The molecule has 0 spiro atoms. The number of hydrogen-bond donors (Lipinski definition) is 1. The average molecular weight is 442 g/mol. The number of hydrogen-bond acceptors (Lipinski definition) is 4. The first-order valence-electron chi connectivity index (χ1n) is 11.7. The van der Waals surface area contributed by atoms with Crippen LogP contribution >= 0.6 is 0 Å². The predicted octanol–water partition coefficient (Wildman–Crippen LogP) is 3.97. The fraction of sp³-hybridized carbons (Fsp3) is 0.520. The molecule has 2 aliphatic heterocycles. The Morgan fingerprint density at radius 2 is 1.45 bits per heavy atom.